The molecule has 1 heterocycles. The monoisotopic (exact) mass is 254 g/mol. The van der Waals surface area contributed by atoms with Crippen LogP contribution in [0, 0.1) is 0 Å². The van der Waals surface area contributed by atoms with E-state index in [4.69, 9.17) is 0 Å². The van der Waals surface area contributed by atoms with Crippen LogP contribution in [-0.4, -0.2) is 9.13 Å². The van der Waals surface area contributed by atoms with Gasteiger partial charge in [0.15, 0.2) is 0 Å². The number of hydrogen-bond acceptors (Lipinski definition) is 2. The molecular weight excluding hydrogens is 228 g/mol. The highest BCUT2D eigenvalue weighted by molar-refractivity contribution is 5.05. The smallest absolute Gasteiger partial charge is 0.303 e. The summed E-state index contributed by atoms with van der Waals surface area (Å²) in [6, 6.07) is 0. The van der Waals surface area contributed by atoms with Crippen molar-refractivity contribution in [2.24, 2.45) is 14.1 Å². The molecule has 0 bridgehead atoms. The third-order valence-electron chi connectivity index (χ3n) is 2.82. The van der Waals surface area contributed by atoms with Gasteiger partial charge >= 0.3 is 5.69 Å². The predicted molar refractivity (Wildman–Crippen MR) is 76.1 cm³/mol. The van der Waals surface area contributed by atoms with Crippen molar-refractivity contribution >= 4 is 0 Å². The van der Waals surface area contributed by atoms with Crippen LogP contribution in [-0.2, 0) is 20.5 Å². The Hall–Kier alpha value is -1.32. The summed E-state index contributed by atoms with van der Waals surface area (Å²) < 4.78 is 2.64. The van der Waals surface area contributed by atoms with Gasteiger partial charge in [-0.2, -0.15) is 0 Å². The van der Waals surface area contributed by atoms with Gasteiger partial charge in [-0.15, -0.1) is 0 Å². The number of nitrogens with zero attached hydrogens (tertiary/aromatic N) is 2. The lowest BCUT2D eigenvalue weighted by Crippen LogP contribution is -2.38. The van der Waals surface area contributed by atoms with Crippen LogP contribution in [0.4, 0.5) is 0 Å². The number of unbranched alkanes of at least 4 members (excludes halogenated alkanes) is 3. The number of hydrogen-bond donors (Lipinski definition) is 0. The summed E-state index contributed by atoms with van der Waals surface area (Å²) in [6.07, 6.45) is 6.97. The maximum Gasteiger partial charge on any atom is 0.330 e. The molecule has 0 aliphatic heterocycles. The molecule has 0 unspecified atom stereocenters. The van der Waals surface area contributed by atoms with Crippen molar-refractivity contribution in [2.45, 2.75) is 52.9 Å². The molecule has 4 heteroatoms. The maximum absolute atomic E-state index is 11.8. The van der Waals surface area contributed by atoms with Crippen LogP contribution in [0.5, 0.6) is 0 Å². The van der Waals surface area contributed by atoms with E-state index >= 15 is 0 Å². The minimum atomic E-state index is -0.262. The Kier molecular flexibility index (Phi) is 8.08. The minimum Gasteiger partial charge on any atom is -0.303 e. The van der Waals surface area contributed by atoms with Gasteiger partial charge in [0.2, 0.25) is 0 Å². The second-order valence-electron chi connectivity index (χ2n) is 4.22. The average molecular weight is 254 g/mol. The second-order valence-corrected chi connectivity index (χ2v) is 4.22. The topological polar surface area (TPSA) is 44.0 Å². The standard InChI is InChI=1S/C12H20N2O2.C2H6/c1-4-5-6-7-8-10-9-13(2)12(16)14(3)11(10)15;1-2/h9H,4-8H2,1-3H3;1-2H3. The van der Waals surface area contributed by atoms with E-state index in [-0.39, 0.29) is 11.2 Å². The van der Waals surface area contributed by atoms with Crippen molar-refractivity contribution in [1.29, 1.82) is 0 Å². The Balaban J connectivity index is 0.00000137. The summed E-state index contributed by atoms with van der Waals surface area (Å²) in [5.41, 5.74) is 0.322. The van der Waals surface area contributed by atoms with E-state index in [1.807, 2.05) is 13.8 Å². The van der Waals surface area contributed by atoms with Crippen LogP contribution in [0.25, 0.3) is 0 Å². The first-order chi connectivity index (χ1) is 8.57. The van der Waals surface area contributed by atoms with Crippen LogP contribution < -0.4 is 11.2 Å². The molecule has 0 spiro atoms. The second kappa shape index (κ2) is 8.72. The molecule has 1 rings (SSSR count). The van der Waals surface area contributed by atoms with Crippen LogP contribution in [0.15, 0.2) is 15.8 Å². The lowest BCUT2D eigenvalue weighted by molar-refractivity contribution is 0.632. The van der Waals surface area contributed by atoms with E-state index in [0.29, 0.717) is 0 Å². The van der Waals surface area contributed by atoms with Crippen molar-refractivity contribution in [1.82, 2.24) is 9.13 Å². The van der Waals surface area contributed by atoms with Crippen molar-refractivity contribution < 1.29 is 0 Å². The molecule has 0 atom stereocenters. The first kappa shape index (κ1) is 16.7. The average Bonchev–Trinajstić information content (AvgIpc) is 2.40. The minimum absolute atomic E-state index is 0.153. The molecule has 18 heavy (non-hydrogen) atoms. The molecule has 1 aromatic heterocycles. The molecule has 0 radical (unpaired) electrons. The first-order valence-electron chi connectivity index (χ1n) is 6.83. The van der Waals surface area contributed by atoms with Gasteiger partial charge in [0.25, 0.3) is 5.56 Å². The lowest BCUT2D eigenvalue weighted by Gasteiger charge is -2.06. The summed E-state index contributed by atoms with van der Waals surface area (Å²) in [5, 5.41) is 0. The number of rotatable bonds is 5. The summed E-state index contributed by atoms with van der Waals surface area (Å²) in [7, 11) is 3.21. The fraction of sp³-hybridized carbons (Fsp3) is 0.714. The summed E-state index contributed by atoms with van der Waals surface area (Å²) >= 11 is 0. The van der Waals surface area contributed by atoms with Crippen molar-refractivity contribution in [3.63, 3.8) is 0 Å². The summed E-state index contributed by atoms with van der Waals surface area (Å²) in [4.78, 5) is 23.2. The Bertz CT molecular complexity index is 458. The Labute approximate surface area is 109 Å². The van der Waals surface area contributed by atoms with Crippen LogP contribution in [0.1, 0.15) is 52.0 Å². The van der Waals surface area contributed by atoms with Crippen molar-refractivity contribution in [3.8, 4) is 0 Å². The zero-order chi connectivity index (χ0) is 14.1. The highest BCUT2D eigenvalue weighted by Crippen LogP contribution is 2.03. The maximum atomic E-state index is 11.8. The zero-order valence-electron chi connectivity index (χ0n) is 12.3. The summed E-state index contributed by atoms with van der Waals surface area (Å²) in [6.45, 7) is 6.16. The molecule has 0 aliphatic rings. The molecule has 0 aromatic carbocycles. The summed E-state index contributed by atoms with van der Waals surface area (Å²) in [5.74, 6) is 0. The van der Waals surface area contributed by atoms with E-state index in [1.165, 1.54) is 29.0 Å². The van der Waals surface area contributed by atoms with E-state index in [1.54, 1.807) is 13.2 Å². The van der Waals surface area contributed by atoms with Gasteiger partial charge in [0.05, 0.1) is 0 Å². The fourth-order valence-electron chi connectivity index (χ4n) is 1.80. The molecule has 0 saturated carbocycles. The van der Waals surface area contributed by atoms with E-state index < -0.39 is 0 Å². The van der Waals surface area contributed by atoms with Gasteiger partial charge in [0.1, 0.15) is 0 Å². The zero-order valence-corrected chi connectivity index (χ0v) is 12.3. The lowest BCUT2D eigenvalue weighted by atomic mass is 10.1. The van der Waals surface area contributed by atoms with Crippen LogP contribution >= 0.6 is 0 Å². The van der Waals surface area contributed by atoms with Crippen molar-refractivity contribution in [2.75, 3.05) is 0 Å². The highest BCUT2D eigenvalue weighted by atomic mass is 16.2. The Morgan fingerprint density at radius 3 is 2.22 bits per heavy atom. The van der Waals surface area contributed by atoms with Gasteiger partial charge < -0.3 is 4.57 Å². The third kappa shape index (κ3) is 4.51. The highest BCUT2D eigenvalue weighted by Gasteiger charge is 2.05. The molecule has 4 nitrogen and oxygen atoms in total. The molecule has 0 N–H and O–H groups in total. The van der Waals surface area contributed by atoms with E-state index in [9.17, 15) is 9.59 Å². The van der Waals surface area contributed by atoms with Gasteiger partial charge in [0, 0.05) is 25.9 Å². The molecule has 1 aromatic rings. The normalized spacial score (nSPS) is 9.83. The van der Waals surface area contributed by atoms with Crippen LogP contribution in [0.2, 0.25) is 0 Å². The molecule has 0 amide bonds. The van der Waals surface area contributed by atoms with Crippen LogP contribution in [0.3, 0.4) is 0 Å². The largest absolute Gasteiger partial charge is 0.330 e. The molecule has 0 saturated heterocycles. The number of aromatic nitrogens is 2. The van der Waals surface area contributed by atoms with Gasteiger partial charge in [-0.05, 0) is 12.8 Å². The molecule has 0 aliphatic carbocycles. The molecular formula is C14H26N2O2. The first-order valence-corrected chi connectivity index (χ1v) is 6.83. The quantitative estimate of drug-likeness (QED) is 0.756. The van der Waals surface area contributed by atoms with Gasteiger partial charge in [-0.1, -0.05) is 40.0 Å². The SMILES string of the molecule is CC.CCCCCCc1cn(C)c(=O)n(C)c1=O. The number of aryl methyl sites for hydroxylation is 2. The van der Waals surface area contributed by atoms with E-state index in [0.717, 1.165) is 24.8 Å². The Morgan fingerprint density at radius 2 is 1.67 bits per heavy atom. The van der Waals surface area contributed by atoms with E-state index in [2.05, 4.69) is 6.92 Å². The Morgan fingerprint density at radius 1 is 1.06 bits per heavy atom. The van der Waals surface area contributed by atoms with Crippen molar-refractivity contribution in [3.05, 3.63) is 32.6 Å². The molecule has 0 fully saturated rings. The molecule has 104 valence electrons. The predicted octanol–water partition coefficient (Wildman–Crippen LogP) is 2.23. The third-order valence-corrected chi connectivity index (χ3v) is 2.82. The van der Waals surface area contributed by atoms with Gasteiger partial charge in [-0.3, -0.25) is 9.36 Å². The fourth-order valence-corrected chi connectivity index (χ4v) is 1.80. The van der Waals surface area contributed by atoms with Gasteiger partial charge in [-0.25, -0.2) is 4.79 Å².